The fourth-order valence-electron chi connectivity index (χ4n) is 5.53. The number of carboxylic acids is 1. The summed E-state index contributed by atoms with van der Waals surface area (Å²) in [5.41, 5.74) is 5.73. The molecule has 5 rings (SSSR count). The van der Waals surface area contributed by atoms with E-state index in [2.05, 4.69) is 29.6 Å². The van der Waals surface area contributed by atoms with E-state index in [1.165, 1.54) is 23.0 Å². The zero-order valence-electron chi connectivity index (χ0n) is 22.7. The highest BCUT2D eigenvalue weighted by molar-refractivity contribution is 5.89. The Morgan fingerprint density at radius 1 is 1.00 bits per heavy atom. The Hall–Kier alpha value is -4.04. The minimum Gasteiger partial charge on any atom is -0.496 e. The topological polar surface area (TPSA) is 97.3 Å². The fourth-order valence-corrected chi connectivity index (χ4v) is 5.53. The average Bonchev–Trinajstić information content (AvgIpc) is 3.32. The number of fused-ring (bicyclic) bond motifs is 1. The van der Waals surface area contributed by atoms with Crippen LogP contribution in [0.15, 0.2) is 54.6 Å². The van der Waals surface area contributed by atoms with Crippen LogP contribution in [0.4, 0.5) is 5.69 Å². The molecule has 1 heterocycles. The van der Waals surface area contributed by atoms with Gasteiger partial charge in [-0.05, 0) is 71.8 Å². The normalized spacial score (nSPS) is 15.8. The maximum Gasteiger partial charge on any atom is 0.333 e. The zero-order valence-corrected chi connectivity index (χ0v) is 22.7. The van der Waals surface area contributed by atoms with Crippen molar-refractivity contribution in [3.63, 3.8) is 0 Å². The van der Waals surface area contributed by atoms with Crippen molar-refractivity contribution in [3.8, 4) is 22.6 Å². The van der Waals surface area contributed by atoms with Crippen molar-refractivity contribution in [2.24, 2.45) is 0 Å². The molecule has 1 saturated heterocycles. The SMILES string of the molecule is COc1cc(-c2ccc(NC3(C(=O)O)CN(C(C)=O)C3)cc2COC2Cc3ccccc3C2)cc(OC)c1C. The van der Waals surface area contributed by atoms with Gasteiger partial charge in [-0.2, -0.15) is 0 Å². The lowest BCUT2D eigenvalue weighted by molar-refractivity contribution is -0.153. The maximum atomic E-state index is 12.2. The van der Waals surface area contributed by atoms with Gasteiger partial charge in [0.25, 0.3) is 0 Å². The van der Waals surface area contributed by atoms with Crippen LogP contribution in [0, 0.1) is 6.92 Å². The van der Waals surface area contributed by atoms with Crippen molar-refractivity contribution in [1.29, 1.82) is 0 Å². The Kier molecular flexibility index (Phi) is 7.23. The van der Waals surface area contributed by atoms with E-state index in [1.54, 1.807) is 14.2 Å². The molecule has 1 aliphatic carbocycles. The highest BCUT2D eigenvalue weighted by Crippen LogP contribution is 2.38. The molecular formula is C31H34N2O6. The first kappa shape index (κ1) is 26.6. The molecule has 1 fully saturated rings. The van der Waals surface area contributed by atoms with Crippen LogP contribution < -0.4 is 14.8 Å². The van der Waals surface area contributed by atoms with Crippen LogP contribution in [0.3, 0.4) is 0 Å². The minimum atomic E-state index is -1.23. The molecule has 2 aliphatic rings. The molecule has 3 aromatic rings. The molecule has 0 bridgehead atoms. The van der Waals surface area contributed by atoms with Gasteiger partial charge in [-0.1, -0.05) is 30.3 Å². The second kappa shape index (κ2) is 10.6. The van der Waals surface area contributed by atoms with E-state index in [0.29, 0.717) is 23.8 Å². The zero-order chi connectivity index (χ0) is 27.7. The summed E-state index contributed by atoms with van der Waals surface area (Å²) < 4.78 is 17.7. The van der Waals surface area contributed by atoms with Gasteiger partial charge in [-0.25, -0.2) is 4.79 Å². The summed E-state index contributed by atoms with van der Waals surface area (Å²) in [7, 11) is 3.27. The number of anilines is 1. The summed E-state index contributed by atoms with van der Waals surface area (Å²) in [5, 5.41) is 13.2. The van der Waals surface area contributed by atoms with Crippen LogP contribution in [-0.2, 0) is 33.8 Å². The van der Waals surface area contributed by atoms with Crippen LogP contribution in [0.25, 0.3) is 11.1 Å². The molecule has 0 aromatic heterocycles. The quantitative estimate of drug-likeness (QED) is 0.422. The largest absolute Gasteiger partial charge is 0.496 e. The average molecular weight is 531 g/mol. The predicted octanol–water partition coefficient (Wildman–Crippen LogP) is 4.46. The summed E-state index contributed by atoms with van der Waals surface area (Å²) in [6.45, 7) is 3.96. The number of benzene rings is 3. The van der Waals surface area contributed by atoms with E-state index in [0.717, 1.165) is 35.1 Å². The maximum absolute atomic E-state index is 12.2. The van der Waals surface area contributed by atoms with Crippen LogP contribution in [0.2, 0.25) is 0 Å². The summed E-state index contributed by atoms with van der Waals surface area (Å²) in [4.78, 5) is 25.4. The Balaban J connectivity index is 1.46. The molecular weight excluding hydrogens is 496 g/mol. The lowest BCUT2D eigenvalue weighted by Crippen LogP contribution is -2.71. The van der Waals surface area contributed by atoms with Crippen molar-refractivity contribution in [2.75, 3.05) is 32.6 Å². The molecule has 204 valence electrons. The molecule has 3 aromatic carbocycles. The van der Waals surface area contributed by atoms with E-state index < -0.39 is 11.5 Å². The Labute approximate surface area is 228 Å². The Morgan fingerprint density at radius 3 is 2.15 bits per heavy atom. The molecule has 39 heavy (non-hydrogen) atoms. The van der Waals surface area contributed by atoms with Crippen molar-refractivity contribution in [2.45, 2.75) is 44.9 Å². The highest BCUT2D eigenvalue weighted by atomic mass is 16.5. The van der Waals surface area contributed by atoms with Gasteiger partial charge >= 0.3 is 5.97 Å². The molecule has 2 N–H and O–H groups in total. The molecule has 0 spiro atoms. The number of aliphatic carboxylic acids is 1. The van der Waals surface area contributed by atoms with E-state index in [4.69, 9.17) is 14.2 Å². The van der Waals surface area contributed by atoms with E-state index in [1.807, 2.05) is 37.3 Å². The van der Waals surface area contributed by atoms with Crippen molar-refractivity contribution >= 4 is 17.6 Å². The predicted molar refractivity (Wildman–Crippen MR) is 148 cm³/mol. The number of likely N-dealkylation sites (tertiary alicyclic amines) is 1. The number of carboxylic acid groups (broad SMARTS) is 1. The number of carbonyl (C=O) groups is 2. The second-order valence-electron chi connectivity index (χ2n) is 10.4. The Morgan fingerprint density at radius 2 is 1.62 bits per heavy atom. The second-order valence-corrected chi connectivity index (χ2v) is 10.4. The van der Waals surface area contributed by atoms with Crippen LogP contribution >= 0.6 is 0 Å². The summed E-state index contributed by atoms with van der Waals surface area (Å²) in [6.07, 6.45) is 1.78. The number of ether oxygens (including phenoxy) is 3. The third-order valence-corrected chi connectivity index (χ3v) is 7.82. The first-order valence-electron chi connectivity index (χ1n) is 13.0. The number of nitrogens with one attached hydrogen (secondary N) is 1. The molecule has 0 atom stereocenters. The molecule has 8 nitrogen and oxygen atoms in total. The lowest BCUT2D eigenvalue weighted by Gasteiger charge is -2.47. The first-order valence-corrected chi connectivity index (χ1v) is 13.0. The molecule has 0 unspecified atom stereocenters. The van der Waals surface area contributed by atoms with Gasteiger partial charge in [0.2, 0.25) is 5.91 Å². The molecule has 0 saturated carbocycles. The molecule has 0 radical (unpaired) electrons. The summed E-state index contributed by atoms with van der Waals surface area (Å²) >= 11 is 0. The number of rotatable bonds is 9. The van der Waals surface area contributed by atoms with Gasteiger partial charge in [-0.15, -0.1) is 0 Å². The van der Waals surface area contributed by atoms with Crippen LogP contribution in [0.5, 0.6) is 11.5 Å². The van der Waals surface area contributed by atoms with Gasteiger partial charge in [0.05, 0.1) is 40.0 Å². The van der Waals surface area contributed by atoms with Gasteiger partial charge < -0.3 is 29.5 Å². The first-order chi connectivity index (χ1) is 18.7. The van der Waals surface area contributed by atoms with E-state index in [-0.39, 0.29) is 25.1 Å². The third kappa shape index (κ3) is 5.16. The van der Waals surface area contributed by atoms with Gasteiger partial charge in [-0.3, -0.25) is 4.79 Å². The molecule has 1 aliphatic heterocycles. The number of nitrogens with zero attached hydrogens (tertiary/aromatic N) is 1. The number of methoxy groups -OCH3 is 2. The highest BCUT2D eigenvalue weighted by Gasteiger charge is 2.51. The number of amides is 1. The van der Waals surface area contributed by atoms with Crippen molar-refractivity contribution in [3.05, 3.63) is 76.9 Å². The molecule has 1 amide bonds. The molecule has 8 heteroatoms. The third-order valence-electron chi connectivity index (χ3n) is 7.82. The fraction of sp³-hybridized carbons (Fsp3) is 0.355. The number of hydrogen-bond acceptors (Lipinski definition) is 6. The van der Waals surface area contributed by atoms with Crippen molar-refractivity contribution < 1.29 is 28.9 Å². The smallest absolute Gasteiger partial charge is 0.333 e. The number of carbonyl (C=O) groups excluding carboxylic acids is 1. The standard InChI is InChI=1S/C31H34N2O6/c1-19-28(37-3)14-23(15-29(19)38-4)27-10-9-25(32-31(30(35)36)17-33(18-31)20(2)34)11-24(27)16-39-26-12-21-7-5-6-8-22(21)13-26/h5-11,14-15,26,32H,12-13,16-18H2,1-4H3,(H,35,36). The monoisotopic (exact) mass is 530 g/mol. The van der Waals surface area contributed by atoms with Gasteiger partial charge in [0, 0.05) is 18.2 Å². The van der Waals surface area contributed by atoms with Crippen LogP contribution in [0.1, 0.15) is 29.2 Å². The van der Waals surface area contributed by atoms with Crippen molar-refractivity contribution in [1.82, 2.24) is 4.90 Å². The van der Waals surface area contributed by atoms with E-state index in [9.17, 15) is 14.7 Å². The van der Waals surface area contributed by atoms with Crippen LogP contribution in [-0.4, -0.2) is 60.8 Å². The minimum absolute atomic E-state index is 0.0649. The number of hydrogen-bond donors (Lipinski definition) is 2. The van der Waals surface area contributed by atoms with Gasteiger partial charge in [0.15, 0.2) is 5.54 Å². The van der Waals surface area contributed by atoms with E-state index >= 15 is 0 Å². The Bertz CT molecular complexity index is 1360. The lowest BCUT2D eigenvalue weighted by atomic mass is 9.88. The summed E-state index contributed by atoms with van der Waals surface area (Å²) in [6, 6.07) is 18.1. The van der Waals surface area contributed by atoms with Gasteiger partial charge in [0.1, 0.15) is 11.5 Å². The summed E-state index contributed by atoms with van der Waals surface area (Å²) in [5.74, 6) is 0.304.